The maximum Gasteiger partial charge on any atom is 0.257 e. The van der Waals surface area contributed by atoms with Crippen molar-refractivity contribution in [2.24, 2.45) is 5.92 Å². The van der Waals surface area contributed by atoms with Gasteiger partial charge in [-0.1, -0.05) is 0 Å². The standard InChI is InChI=1S/C21H27NO4/c23-21(22-10-3-11-24-13-15-6-7-15)14-25-16-8-9-20-18(12-16)17-4-1-2-5-19(17)26-20/h8-9,12,15H,1-7,10-11,13-14H2,(H,22,23). The SMILES string of the molecule is O=C(COc1ccc2oc3c(c2c1)CCCC3)NCCCOCC1CC1. The Balaban J connectivity index is 1.21. The molecule has 1 amide bonds. The third kappa shape index (κ3) is 4.39. The summed E-state index contributed by atoms with van der Waals surface area (Å²) in [5.41, 5.74) is 2.23. The van der Waals surface area contributed by atoms with Gasteiger partial charge in [-0.25, -0.2) is 0 Å². The van der Waals surface area contributed by atoms with Gasteiger partial charge in [0.25, 0.3) is 5.91 Å². The van der Waals surface area contributed by atoms with E-state index in [0.717, 1.165) is 54.3 Å². The molecule has 2 aliphatic rings. The predicted octanol–water partition coefficient (Wildman–Crippen LogP) is 3.62. The molecule has 1 N–H and O–H groups in total. The van der Waals surface area contributed by atoms with Crippen LogP contribution in [0.15, 0.2) is 22.6 Å². The van der Waals surface area contributed by atoms with Crippen molar-refractivity contribution in [3.63, 3.8) is 0 Å². The van der Waals surface area contributed by atoms with Crippen LogP contribution in [0.2, 0.25) is 0 Å². The number of carbonyl (C=O) groups excluding carboxylic acids is 1. The topological polar surface area (TPSA) is 60.7 Å². The van der Waals surface area contributed by atoms with Crippen molar-refractivity contribution in [3.05, 3.63) is 29.5 Å². The summed E-state index contributed by atoms with van der Waals surface area (Å²) in [6.45, 7) is 2.24. The van der Waals surface area contributed by atoms with E-state index in [0.29, 0.717) is 13.2 Å². The van der Waals surface area contributed by atoms with Crippen molar-refractivity contribution in [2.45, 2.75) is 44.9 Å². The minimum Gasteiger partial charge on any atom is -0.484 e. The van der Waals surface area contributed by atoms with E-state index in [1.807, 2.05) is 18.2 Å². The van der Waals surface area contributed by atoms with Crippen LogP contribution in [0.25, 0.3) is 11.0 Å². The molecular weight excluding hydrogens is 330 g/mol. The number of aryl methyl sites for hydroxylation is 2. The van der Waals surface area contributed by atoms with Crippen molar-refractivity contribution >= 4 is 16.9 Å². The van der Waals surface area contributed by atoms with Gasteiger partial charge >= 0.3 is 0 Å². The first-order chi connectivity index (χ1) is 12.8. The molecule has 2 aromatic rings. The summed E-state index contributed by atoms with van der Waals surface area (Å²) in [4.78, 5) is 11.9. The predicted molar refractivity (Wildman–Crippen MR) is 99.5 cm³/mol. The van der Waals surface area contributed by atoms with Crippen LogP contribution in [0, 0.1) is 5.92 Å². The third-order valence-electron chi connectivity index (χ3n) is 5.13. The molecule has 0 saturated heterocycles. The minimum absolute atomic E-state index is 0.0362. The second-order valence-electron chi connectivity index (χ2n) is 7.38. The molecule has 0 aliphatic heterocycles. The molecule has 2 aliphatic carbocycles. The zero-order chi connectivity index (χ0) is 17.8. The first kappa shape index (κ1) is 17.4. The van der Waals surface area contributed by atoms with Crippen LogP contribution in [0.5, 0.6) is 5.75 Å². The van der Waals surface area contributed by atoms with Crippen molar-refractivity contribution < 1.29 is 18.7 Å². The van der Waals surface area contributed by atoms with Crippen molar-refractivity contribution in [2.75, 3.05) is 26.4 Å². The van der Waals surface area contributed by atoms with E-state index in [-0.39, 0.29) is 12.5 Å². The Labute approximate surface area is 154 Å². The summed E-state index contributed by atoms with van der Waals surface area (Å²) in [5, 5.41) is 4.01. The van der Waals surface area contributed by atoms with Crippen LogP contribution in [-0.2, 0) is 22.4 Å². The lowest BCUT2D eigenvalue weighted by atomic mass is 9.96. The molecular formula is C21H27NO4. The minimum atomic E-state index is -0.0958. The highest BCUT2D eigenvalue weighted by atomic mass is 16.5. The molecule has 26 heavy (non-hydrogen) atoms. The molecule has 140 valence electrons. The van der Waals surface area contributed by atoms with Gasteiger partial charge in [-0.3, -0.25) is 4.79 Å². The highest BCUT2D eigenvalue weighted by Crippen LogP contribution is 2.33. The summed E-state index contributed by atoms with van der Waals surface area (Å²) in [5.74, 6) is 2.53. The van der Waals surface area contributed by atoms with E-state index < -0.39 is 0 Å². The van der Waals surface area contributed by atoms with Crippen LogP contribution in [0.4, 0.5) is 0 Å². The molecule has 0 atom stereocenters. The maximum atomic E-state index is 11.9. The number of hydrogen-bond acceptors (Lipinski definition) is 4. The van der Waals surface area contributed by atoms with E-state index >= 15 is 0 Å². The number of fused-ring (bicyclic) bond motifs is 3. The van der Waals surface area contributed by atoms with E-state index in [1.54, 1.807) is 0 Å². The van der Waals surface area contributed by atoms with Crippen LogP contribution < -0.4 is 10.1 Å². The maximum absolute atomic E-state index is 11.9. The average molecular weight is 357 g/mol. The Bertz CT molecular complexity index is 763. The molecule has 5 heteroatoms. The van der Waals surface area contributed by atoms with Gasteiger partial charge in [-0.15, -0.1) is 0 Å². The first-order valence-corrected chi connectivity index (χ1v) is 9.81. The van der Waals surface area contributed by atoms with Gasteiger partial charge in [0.2, 0.25) is 0 Å². The Morgan fingerprint density at radius 3 is 3.00 bits per heavy atom. The molecule has 0 radical (unpaired) electrons. The van der Waals surface area contributed by atoms with E-state index in [2.05, 4.69) is 5.32 Å². The summed E-state index contributed by atoms with van der Waals surface area (Å²) in [6, 6.07) is 5.82. The van der Waals surface area contributed by atoms with Gasteiger partial charge in [0, 0.05) is 37.1 Å². The quantitative estimate of drug-likeness (QED) is 0.696. The fourth-order valence-electron chi connectivity index (χ4n) is 3.47. The number of carbonyl (C=O) groups is 1. The highest BCUT2D eigenvalue weighted by molar-refractivity contribution is 5.84. The lowest BCUT2D eigenvalue weighted by molar-refractivity contribution is -0.123. The summed E-state index contributed by atoms with van der Waals surface area (Å²) < 4.78 is 17.2. The number of rotatable bonds is 9. The van der Waals surface area contributed by atoms with E-state index in [4.69, 9.17) is 13.9 Å². The molecule has 0 spiro atoms. The average Bonchev–Trinajstić information content (AvgIpc) is 3.41. The third-order valence-corrected chi connectivity index (χ3v) is 5.13. The van der Waals surface area contributed by atoms with Gasteiger partial charge in [-0.2, -0.15) is 0 Å². The number of ether oxygens (including phenoxy) is 2. The summed E-state index contributed by atoms with van der Waals surface area (Å²) in [7, 11) is 0. The fourth-order valence-corrected chi connectivity index (χ4v) is 3.47. The normalized spacial score (nSPS) is 16.5. The summed E-state index contributed by atoms with van der Waals surface area (Å²) >= 11 is 0. The van der Waals surface area contributed by atoms with Crippen LogP contribution in [0.1, 0.15) is 43.4 Å². The number of amides is 1. The van der Waals surface area contributed by atoms with E-state index in [1.165, 1.54) is 31.2 Å². The molecule has 0 unspecified atom stereocenters. The molecule has 1 aromatic heterocycles. The number of benzene rings is 1. The molecule has 1 aromatic carbocycles. The number of hydrogen-bond donors (Lipinski definition) is 1. The summed E-state index contributed by atoms with van der Waals surface area (Å²) in [6.07, 6.45) is 7.94. The van der Waals surface area contributed by atoms with Gasteiger partial charge in [0.15, 0.2) is 6.61 Å². The van der Waals surface area contributed by atoms with Crippen LogP contribution in [0.3, 0.4) is 0 Å². The second-order valence-corrected chi connectivity index (χ2v) is 7.38. The van der Waals surface area contributed by atoms with Crippen LogP contribution >= 0.6 is 0 Å². The van der Waals surface area contributed by atoms with Crippen molar-refractivity contribution in [1.82, 2.24) is 5.32 Å². The fraction of sp³-hybridized carbons (Fsp3) is 0.571. The van der Waals surface area contributed by atoms with Gasteiger partial charge in [0.05, 0.1) is 0 Å². The Morgan fingerprint density at radius 1 is 1.23 bits per heavy atom. The zero-order valence-corrected chi connectivity index (χ0v) is 15.2. The largest absolute Gasteiger partial charge is 0.484 e. The van der Waals surface area contributed by atoms with E-state index in [9.17, 15) is 4.79 Å². The molecule has 1 fully saturated rings. The zero-order valence-electron chi connectivity index (χ0n) is 15.2. The monoisotopic (exact) mass is 357 g/mol. The Kier molecular flexibility index (Phi) is 5.44. The molecule has 4 rings (SSSR count). The molecule has 1 saturated carbocycles. The molecule has 5 nitrogen and oxygen atoms in total. The first-order valence-electron chi connectivity index (χ1n) is 9.81. The highest BCUT2D eigenvalue weighted by Gasteiger charge is 2.21. The number of nitrogens with one attached hydrogen (secondary N) is 1. The van der Waals surface area contributed by atoms with Gasteiger partial charge in [-0.05, 0) is 62.6 Å². The number of furan rings is 1. The van der Waals surface area contributed by atoms with Crippen molar-refractivity contribution in [1.29, 1.82) is 0 Å². The Hall–Kier alpha value is -2.01. The Morgan fingerprint density at radius 2 is 2.12 bits per heavy atom. The van der Waals surface area contributed by atoms with Gasteiger partial charge in [0.1, 0.15) is 17.1 Å². The molecule has 0 bridgehead atoms. The lowest BCUT2D eigenvalue weighted by Gasteiger charge is -2.09. The van der Waals surface area contributed by atoms with Gasteiger partial charge < -0.3 is 19.2 Å². The van der Waals surface area contributed by atoms with Crippen LogP contribution in [-0.4, -0.2) is 32.3 Å². The van der Waals surface area contributed by atoms with Crippen molar-refractivity contribution in [3.8, 4) is 5.75 Å². The smallest absolute Gasteiger partial charge is 0.257 e. The second kappa shape index (κ2) is 8.12. The molecule has 1 heterocycles. The lowest BCUT2D eigenvalue weighted by Crippen LogP contribution is -2.30.